The van der Waals surface area contributed by atoms with E-state index in [0.717, 1.165) is 11.6 Å². The minimum Gasteiger partial charge on any atom is -0.256 e. The maximum atomic E-state index is 4.45. The van der Waals surface area contributed by atoms with Gasteiger partial charge in [0.1, 0.15) is 0 Å². The van der Waals surface area contributed by atoms with Gasteiger partial charge in [-0.15, -0.1) is 0 Å². The molecule has 1 aromatic heterocycles. The molecule has 2 aliphatic carbocycles. The highest BCUT2D eigenvalue weighted by atomic mass is 14.7. The van der Waals surface area contributed by atoms with Crippen LogP contribution in [0.3, 0.4) is 0 Å². The molecule has 3 rings (SSSR count). The van der Waals surface area contributed by atoms with Crippen molar-refractivity contribution in [3.05, 3.63) is 47.8 Å². The molecule has 1 aromatic rings. The largest absolute Gasteiger partial charge is 0.256 e. The third-order valence-electron chi connectivity index (χ3n) is 3.15. The Labute approximate surface area is 90.5 Å². The Balaban J connectivity index is 1.97. The predicted octanol–water partition coefficient (Wildman–Crippen LogP) is 3.60. The minimum absolute atomic E-state index is 0.832. The van der Waals surface area contributed by atoms with Gasteiger partial charge in [-0.3, -0.25) is 4.98 Å². The van der Waals surface area contributed by atoms with Crippen molar-refractivity contribution in [3.8, 4) is 0 Å². The Morgan fingerprint density at radius 2 is 1.93 bits per heavy atom. The summed E-state index contributed by atoms with van der Waals surface area (Å²) in [7, 11) is 0. The van der Waals surface area contributed by atoms with Gasteiger partial charge in [0.15, 0.2) is 0 Å². The standard InChI is InChI=1S/C14H15N/c1-2-6-13(12(5-1)11-8-9-11)14-7-3-4-10-15-14/h3-7,10-11H,1-2,8-9H2. The quantitative estimate of drug-likeness (QED) is 0.706. The molecular formula is C14H15N. The lowest BCUT2D eigenvalue weighted by atomic mass is 9.92. The van der Waals surface area contributed by atoms with E-state index in [0.29, 0.717) is 0 Å². The number of rotatable bonds is 2. The number of hydrogen-bond acceptors (Lipinski definition) is 1. The molecule has 0 radical (unpaired) electrons. The Morgan fingerprint density at radius 1 is 1.07 bits per heavy atom. The summed E-state index contributed by atoms with van der Waals surface area (Å²) >= 11 is 0. The molecule has 0 atom stereocenters. The van der Waals surface area contributed by atoms with E-state index >= 15 is 0 Å². The van der Waals surface area contributed by atoms with Gasteiger partial charge in [-0.05, 0) is 54.9 Å². The second-order valence-electron chi connectivity index (χ2n) is 4.34. The summed E-state index contributed by atoms with van der Waals surface area (Å²) in [6, 6.07) is 6.17. The molecule has 1 heteroatoms. The Bertz CT molecular complexity index is 410. The fourth-order valence-corrected chi connectivity index (χ4v) is 2.25. The molecule has 1 nitrogen and oxygen atoms in total. The molecule has 0 bridgehead atoms. The summed E-state index contributed by atoms with van der Waals surface area (Å²) in [6.45, 7) is 0. The van der Waals surface area contributed by atoms with Crippen LogP contribution in [0, 0.1) is 5.92 Å². The van der Waals surface area contributed by atoms with Crippen molar-refractivity contribution in [1.29, 1.82) is 0 Å². The molecule has 0 saturated heterocycles. The number of pyridine rings is 1. The van der Waals surface area contributed by atoms with Crippen LogP contribution in [0.1, 0.15) is 31.4 Å². The number of nitrogens with zero attached hydrogens (tertiary/aromatic N) is 1. The van der Waals surface area contributed by atoms with E-state index in [2.05, 4.69) is 29.3 Å². The molecule has 2 aliphatic rings. The van der Waals surface area contributed by atoms with Crippen LogP contribution in [0.5, 0.6) is 0 Å². The maximum Gasteiger partial charge on any atom is 0.0701 e. The van der Waals surface area contributed by atoms with E-state index in [1.54, 1.807) is 5.57 Å². The Hall–Kier alpha value is -1.37. The van der Waals surface area contributed by atoms with Crippen LogP contribution in [0.15, 0.2) is 42.1 Å². The van der Waals surface area contributed by atoms with E-state index in [9.17, 15) is 0 Å². The molecule has 15 heavy (non-hydrogen) atoms. The van der Waals surface area contributed by atoms with Gasteiger partial charge in [0.05, 0.1) is 5.69 Å². The molecule has 1 fully saturated rings. The Morgan fingerprint density at radius 3 is 2.67 bits per heavy atom. The molecule has 0 unspecified atom stereocenters. The third kappa shape index (κ3) is 1.74. The fourth-order valence-electron chi connectivity index (χ4n) is 2.25. The van der Waals surface area contributed by atoms with Crippen molar-refractivity contribution in [2.75, 3.05) is 0 Å². The molecule has 0 aliphatic heterocycles. The SMILES string of the molecule is C1=C(c2ccccn2)C(C2CC2)=CCC1. The molecule has 0 spiro atoms. The zero-order chi connectivity index (χ0) is 10.1. The van der Waals surface area contributed by atoms with E-state index < -0.39 is 0 Å². The van der Waals surface area contributed by atoms with Gasteiger partial charge in [-0.1, -0.05) is 18.2 Å². The first-order chi connectivity index (χ1) is 7.45. The zero-order valence-electron chi connectivity index (χ0n) is 8.82. The molecule has 0 aromatic carbocycles. The van der Waals surface area contributed by atoms with Crippen molar-refractivity contribution >= 4 is 5.57 Å². The van der Waals surface area contributed by atoms with Crippen LogP contribution < -0.4 is 0 Å². The summed E-state index contributed by atoms with van der Waals surface area (Å²) < 4.78 is 0. The van der Waals surface area contributed by atoms with Gasteiger partial charge < -0.3 is 0 Å². The monoisotopic (exact) mass is 197 g/mol. The first-order valence-corrected chi connectivity index (χ1v) is 5.77. The van der Waals surface area contributed by atoms with E-state index in [4.69, 9.17) is 0 Å². The lowest BCUT2D eigenvalue weighted by molar-refractivity contribution is 0.954. The highest BCUT2D eigenvalue weighted by Crippen LogP contribution is 2.44. The van der Waals surface area contributed by atoms with Gasteiger partial charge in [0.2, 0.25) is 0 Å². The van der Waals surface area contributed by atoms with Crippen molar-refractivity contribution in [1.82, 2.24) is 4.98 Å². The Kier molecular flexibility index (Phi) is 2.17. The third-order valence-corrected chi connectivity index (χ3v) is 3.15. The van der Waals surface area contributed by atoms with E-state index in [1.807, 2.05) is 12.3 Å². The molecule has 1 heterocycles. The first kappa shape index (κ1) is 8.90. The van der Waals surface area contributed by atoms with E-state index in [-0.39, 0.29) is 0 Å². The van der Waals surface area contributed by atoms with Crippen molar-refractivity contribution in [2.24, 2.45) is 5.92 Å². The number of hydrogen-bond donors (Lipinski definition) is 0. The van der Waals surface area contributed by atoms with Crippen LogP contribution in [0.25, 0.3) is 5.57 Å². The van der Waals surface area contributed by atoms with Crippen molar-refractivity contribution in [2.45, 2.75) is 25.7 Å². The van der Waals surface area contributed by atoms with Gasteiger partial charge in [-0.25, -0.2) is 0 Å². The lowest BCUT2D eigenvalue weighted by Gasteiger charge is -2.15. The average molecular weight is 197 g/mol. The average Bonchev–Trinajstić information content (AvgIpc) is 3.14. The van der Waals surface area contributed by atoms with Gasteiger partial charge in [-0.2, -0.15) is 0 Å². The van der Waals surface area contributed by atoms with Crippen molar-refractivity contribution < 1.29 is 0 Å². The number of aromatic nitrogens is 1. The molecular weight excluding hydrogens is 182 g/mol. The highest BCUT2D eigenvalue weighted by Gasteiger charge is 2.29. The van der Waals surface area contributed by atoms with Crippen LogP contribution >= 0.6 is 0 Å². The van der Waals surface area contributed by atoms with Gasteiger partial charge >= 0.3 is 0 Å². The van der Waals surface area contributed by atoms with Crippen LogP contribution in [-0.2, 0) is 0 Å². The summed E-state index contributed by atoms with van der Waals surface area (Å²) in [4.78, 5) is 4.45. The summed E-state index contributed by atoms with van der Waals surface area (Å²) in [6.07, 6.45) is 11.8. The smallest absolute Gasteiger partial charge is 0.0701 e. The zero-order valence-corrected chi connectivity index (χ0v) is 8.82. The molecule has 0 amide bonds. The lowest BCUT2D eigenvalue weighted by Crippen LogP contribution is -1.98. The number of allylic oxidation sites excluding steroid dienone is 4. The van der Waals surface area contributed by atoms with Gasteiger partial charge in [0, 0.05) is 6.20 Å². The highest BCUT2D eigenvalue weighted by molar-refractivity contribution is 5.78. The minimum atomic E-state index is 0.832. The second kappa shape index (κ2) is 3.65. The van der Waals surface area contributed by atoms with Crippen molar-refractivity contribution in [3.63, 3.8) is 0 Å². The maximum absolute atomic E-state index is 4.45. The summed E-state index contributed by atoms with van der Waals surface area (Å²) in [5.74, 6) is 0.832. The molecule has 0 N–H and O–H groups in total. The second-order valence-corrected chi connectivity index (χ2v) is 4.34. The first-order valence-electron chi connectivity index (χ1n) is 5.77. The summed E-state index contributed by atoms with van der Waals surface area (Å²) in [5, 5.41) is 0. The van der Waals surface area contributed by atoms with Gasteiger partial charge in [0.25, 0.3) is 0 Å². The summed E-state index contributed by atoms with van der Waals surface area (Å²) in [5.41, 5.74) is 4.10. The normalized spacial score (nSPS) is 20.8. The van der Waals surface area contributed by atoms with Crippen LogP contribution in [0.4, 0.5) is 0 Å². The van der Waals surface area contributed by atoms with Crippen LogP contribution in [0.2, 0.25) is 0 Å². The predicted molar refractivity (Wildman–Crippen MR) is 62.3 cm³/mol. The molecule has 1 saturated carbocycles. The van der Waals surface area contributed by atoms with E-state index in [1.165, 1.54) is 31.3 Å². The fraction of sp³-hybridized carbons (Fsp3) is 0.357. The topological polar surface area (TPSA) is 12.9 Å². The van der Waals surface area contributed by atoms with Crippen LogP contribution in [-0.4, -0.2) is 4.98 Å². The molecule has 76 valence electrons.